The van der Waals surface area contributed by atoms with Gasteiger partial charge in [-0.1, -0.05) is 35.5 Å². The van der Waals surface area contributed by atoms with Crippen LogP contribution >= 0.6 is 11.8 Å². The Balaban J connectivity index is 1.56. The van der Waals surface area contributed by atoms with E-state index < -0.39 is 5.82 Å². The maximum Gasteiger partial charge on any atom is 0.234 e. The molecule has 4 aromatic rings. The second-order valence-electron chi connectivity index (χ2n) is 7.20. The van der Waals surface area contributed by atoms with Gasteiger partial charge in [-0.05, 0) is 49.4 Å². The molecular formula is C23H22FN5OS. The van der Waals surface area contributed by atoms with Crippen LogP contribution in [0.2, 0.25) is 0 Å². The van der Waals surface area contributed by atoms with Crippen molar-refractivity contribution < 1.29 is 9.18 Å². The number of thioether (sulfide) groups is 1. The molecule has 0 unspecified atom stereocenters. The van der Waals surface area contributed by atoms with Crippen LogP contribution in [0.25, 0.3) is 5.69 Å². The van der Waals surface area contributed by atoms with Crippen molar-refractivity contribution in [1.82, 2.24) is 19.3 Å². The molecule has 2 heterocycles. The van der Waals surface area contributed by atoms with Gasteiger partial charge in [-0.2, -0.15) is 0 Å². The molecular weight excluding hydrogens is 413 g/mol. The van der Waals surface area contributed by atoms with Gasteiger partial charge < -0.3 is 9.88 Å². The molecule has 0 saturated heterocycles. The Hall–Kier alpha value is -3.39. The summed E-state index contributed by atoms with van der Waals surface area (Å²) in [6, 6.07) is 18.0. The fourth-order valence-electron chi connectivity index (χ4n) is 3.20. The standard InChI is InChI=1S/C23H22FN5OS/c1-16-8-10-19(11-9-16)29-21(14-20-7-4-12-28(20)2)26-27-23(29)31-15-22(30)25-18-6-3-5-17(24)13-18/h3-13H,14-15H2,1-2H3,(H,25,30). The van der Waals surface area contributed by atoms with Crippen molar-refractivity contribution in [2.75, 3.05) is 11.1 Å². The number of carbonyl (C=O) groups excluding carboxylic acids is 1. The Morgan fingerprint density at radius 1 is 1.10 bits per heavy atom. The minimum atomic E-state index is -0.394. The number of nitrogens with one attached hydrogen (secondary N) is 1. The van der Waals surface area contributed by atoms with Gasteiger partial charge in [-0.25, -0.2) is 4.39 Å². The first kappa shape index (κ1) is 20.9. The Kier molecular flexibility index (Phi) is 6.18. The van der Waals surface area contributed by atoms with Crippen molar-refractivity contribution in [3.63, 3.8) is 0 Å². The number of rotatable bonds is 7. The van der Waals surface area contributed by atoms with Gasteiger partial charge in [0.25, 0.3) is 0 Å². The Bertz CT molecular complexity index is 1200. The van der Waals surface area contributed by atoms with Crippen molar-refractivity contribution in [3.8, 4) is 5.69 Å². The highest BCUT2D eigenvalue weighted by Gasteiger charge is 2.17. The summed E-state index contributed by atoms with van der Waals surface area (Å²) in [5.74, 6) is 0.289. The van der Waals surface area contributed by atoms with E-state index in [1.807, 2.05) is 65.7 Å². The summed E-state index contributed by atoms with van der Waals surface area (Å²) in [7, 11) is 1.99. The predicted octanol–water partition coefficient (Wildman–Crippen LogP) is 4.37. The van der Waals surface area contributed by atoms with Crippen molar-refractivity contribution in [2.45, 2.75) is 18.5 Å². The third kappa shape index (κ3) is 5.03. The van der Waals surface area contributed by atoms with Gasteiger partial charge in [0.05, 0.1) is 5.75 Å². The van der Waals surface area contributed by atoms with E-state index in [4.69, 9.17) is 0 Å². The van der Waals surface area contributed by atoms with Crippen LogP contribution in [0, 0.1) is 12.7 Å². The Morgan fingerprint density at radius 3 is 2.61 bits per heavy atom. The van der Waals surface area contributed by atoms with Crippen molar-refractivity contribution in [1.29, 1.82) is 0 Å². The summed E-state index contributed by atoms with van der Waals surface area (Å²) in [4.78, 5) is 12.4. The predicted molar refractivity (Wildman–Crippen MR) is 120 cm³/mol. The Labute approximate surface area is 184 Å². The lowest BCUT2D eigenvalue weighted by Gasteiger charge is -2.11. The van der Waals surface area contributed by atoms with Crippen molar-refractivity contribution in [2.24, 2.45) is 7.05 Å². The lowest BCUT2D eigenvalue weighted by molar-refractivity contribution is -0.113. The first-order chi connectivity index (χ1) is 15.0. The minimum Gasteiger partial charge on any atom is -0.354 e. The third-order valence-corrected chi connectivity index (χ3v) is 5.75. The first-order valence-corrected chi connectivity index (χ1v) is 10.8. The largest absolute Gasteiger partial charge is 0.354 e. The van der Waals surface area contributed by atoms with E-state index in [9.17, 15) is 9.18 Å². The second kappa shape index (κ2) is 9.18. The van der Waals surface area contributed by atoms with E-state index in [1.54, 1.807) is 12.1 Å². The molecule has 31 heavy (non-hydrogen) atoms. The fraction of sp³-hybridized carbons (Fsp3) is 0.174. The lowest BCUT2D eigenvalue weighted by atomic mass is 10.2. The van der Waals surface area contributed by atoms with Crippen LogP contribution in [0.3, 0.4) is 0 Å². The van der Waals surface area contributed by atoms with Gasteiger partial charge in [0, 0.05) is 36.7 Å². The SMILES string of the molecule is Cc1ccc(-n2c(Cc3cccn3C)nnc2SCC(=O)Nc2cccc(F)c2)cc1. The zero-order valence-corrected chi connectivity index (χ0v) is 18.1. The maximum absolute atomic E-state index is 13.3. The molecule has 1 amide bonds. The van der Waals surface area contributed by atoms with Crippen LogP contribution in [-0.4, -0.2) is 31.0 Å². The molecule has 8 heteroatoms. The van der Waals surface area contributed by atoms with Gasteiger partial charge in [0.15, 0.2) is 5.16 Å². The molecule has 0 fully saturated rings. The summed E-state index contributed by atoms with van der Waals surface area (Å²) < 4.78 is 17.4. The summed E-state index contributed by atoms with van der Waals surface area (Å²) in [5.41, 5.74) is 3.63. The summed E-state index contributed by atoms with van der Waals surface area (Å²) in [6.07, 6.45) is 2.61. The number of halogens is 1. The van der Waals surface area contributed by atoms with Gasteiger partial charge in [-0.3, -0.25) is 9.36 Å². The number of aromatic nitrogens is 4. The smallest absolute Gasteiger partial charge is 0.234 e. The normalized spacial score (nSPS) is 10.9. The number of anilines is 1. The maximum atomic E-state index is 13.3. The number of aryl methyl sites for hydroxylation is 2. The highest BCUT2D eigenvalue weighted by molar-refractivity contribution is 7.99. The van der Waals surface area contributed by atoms with Gasteiger partial charge in [0.1, 0.15) is 11.6 Å². The molecule has 0 aliphatic carbocycles. The molecule has 0 spiro atoms. The van der Waals surface area contributed by atoms with Crippen LogP contribution in [0.4, 0.5) is 10.1 Å². The highest BCUT2D eigenvalue weighted by atomic mass is 32.2. The van der Waals surface area contributed by atoms with E-state index in [2.05, 4.69) is 15.5 Å². The van der Waals surface area contributed by atoms with E-state index in [-0.39, 0.29) is 11.7 Å². The van der Waals surface area contributed by atoms with E-state index >= 15 is 0 Å². The van der Waals surface area contributed by atoms with Gasteiger partial charge in [0.2, 0.25) is 5.91 Å². The number of carbonyl (C=O) groups is 1. The van der Waals surface area contributed by atoms with Crippen molar-refractivity contribution in [3.05, 3.63) is 89.8 Å². The first-order valence-electron chi connectivity index (χ1n) is 9.79. The molecule has 0 atom stereocenters. The fourth-order valence-corrected chi connectivity index (χ4v) is 3.97. The lowest BCUT2D eigenvalue weighted by Crippen LogP contribution is -2.15. The number of amides is 1. The molecule has 2 aromatic heterocycles. The molecule has 2 aromatic carbocycles. The van der Waals surface area contributed by atoms with Crippen LogP contribution in [-0.2, 0) is 18.3 Å². The van der Waals surface area contributed by atoms with Crippen LogP contribution < -0.4 is 5.32 Å². The van der Waals surface area contributed by atoms with E-state index in [1.165, 1.54) is 23.9 Å². The summed E-state index contributed by atoms with van der Waals surface area (Å²) >= 11 is 1.29. The molecule has 0 bridgehead atoms. The Morgan fingerprint density at radius 2 is 1.90 bits per heavy atom. The number of hydrogen-bond acceptors (Lipinski definition) is 4. The number of benzene rings is 2. The summed E-state index contributed by atoms with van der Waals surface area (Å²) in [6.45, 7) is 2.03. The quantitative estimate of drug-likeness (QED) is 0.438. The molecule has 0 radical (unpaired) electrons. The molecule has 0 aliphatic rings. The summed E-state index contributed by atoms with van der Waals surface area (Å²) in [5, 5.41) is 12.1. The molecule has 0 saturated carbocycles. The average Bonchev–Trinajstić information content (AvgIpc) is 3.33. The minimum absolute atomic E-state index is 0.130. The average molecular weight is 436 g/mol. The highest BCUT2D eigenvalue weighted by Crippen LogP contribution is 2.24. The molecule has 6 nitrogen and oxygen atoms in total. The zero-order chi connectivity index (χ0) is 21.8. The number of hydrogen-bond donors (Lipinski definition) is 1. The van der Waals surface area contributed by atoms with Gasteiger partial charge in [-0.15, -0.1) is 10.2 Å². The zero-order valence-electron chi connectivity index (χ0n) is 17.2. The number of nitrogens with zero attached hydrogens (tertiary/aromatic N) is 4. The molecule has 4 rings (SSSR count). The second-order valence-corrected chi connectivity index (χ2v) is 8.15. The van der Waals surface area contributed by atoms with Gasteiger partial charge >= 0.3 is 0 Å². The van der Waals surface area contributed by atoms with Crippen LogP contribution in [0.5, 0.6) is 0 Å². The molecule has 1 N–H and O–H groups in total. The molecule has 0 aliphatic heterocycles. The van der Waals surface area contributed by atoms with Crippen molar-refractivity contribution >= 4 is 23.4 Å². The van der Waals surface area contributed by atoms with Crippen LogP contribution in [0.15, 0.2) is 72.0 Å². The van der Waals surface area contributed by atoms with E-state index in [0.717, 1.165) is 22.8 Å². The monoisotopic (exact) mass is 435 g/mol. The topological polar surface area (TPSA) is 64.7 Å². The van der Waals surface area contributed by atoms with Crippen LogP contribution in [0.1, 0.15) is 17.1 Å². The van der Waals surface area contributed by atoms with E-state index in [0.29, 0.717) is 17.3 Å². The third-order valence-electron chi connectivity index (χ3n) is 4.82. The molecule has 158 valence electrons.